The maximum Gasteiger partial charge on any atom is 0.127 e. The number of halogens is 1. The summed E-state index contributed by atoms with van der Waals surface area (Å²) in [6.45, 7) is 2.99. The number of aromatic nitrogens is 1. The lowest BCUT2D eigenvalue weighted by Crippen LogP contribution is -2.02. The smallest absolute Gasteiger partial charge is 0.127 e. The SMILES string of the molecule is CCCNc1cc(Nc2ccc(Br)cc2C#N)ccn1. The van der Waals surface area contributed by atoms with Gasteiger partial charge in [-0.05, 0) is 30.7 Å². The normalized spacial score (nSPS) is 9.85. The van der Waals surface area contributed by atoms with Crippen molar-refractivity contribution in [3.8, 4) is 6.07 Å². The third kappa shape index (κ3) is 3.72. The van der Waals surface area contributed by atoms with Crippen LogP contribution in [0, 0.1) is 11.3 Å². The molecule has 0 bridgehead atoms. The third-order valence-corrected chi connectivity index (χ3v) is 3.19. The average molecular weight is 331 g/mol. The monoisotopic (exact) mass is 330 g/mol. The molecule has 1 aromatic carbocycles. The van der Waals surface area contributed by atoms with Crippen molar-refractivity contribution in [2.24, 2.45) is 0 Å². The van der Waals surface area contributed by atoms with Crippen LogP contribution in [-0.2, 0) is 0 Å². The van der Waals surface area contributed by atoms with Crippen LogP contribution in [0.4, 0.5) is 17.2 Å². The molecule has 0 aliphatic rings. The molecule has 2 rings (SSSR count). The Morgan fingerprint density at radius 3 is 2.90 bits per heavy atom. The highest BCUT2D eigenvalue weighted by Crippen LogP contribution is 2.24. The Labute approximate surface area is 127 Å². The van der Waals surface area contributed by atoms with Crippen LogP contribution in [0.1, 0.15) is 18.9 Å². The average Bonchev–Trinajstić information content (AvgIpc) is 2.47. The summed E-state index contributed by atoms with van der Waals surface area (Å²) in [7, 11) is 0. The highest BCUT2D eigenvalue weighted by atomic mass is 79.9. The number of hydrogen-bond acceptors (Lipinski definition) is 4. The van der Waals surface area contributed by atoms with Crippen LogP contribution in [0.3, 0.4) is 0 Å². The zero-order chi connectivity index (χ0) is 14.4. The maximum atomic E-state index is 9.16. The molecule has 5 heteroatoms. The van der Waals surface area contributed by atoms with E-state index in [2.05, 4.69) is 44.5 Å². The van der Waals surface area contributed by atoms with Crippen LogP contribution in [0.15, 0.2) is 41.0 Å². The molecule has 0 saturated heterocycles. The zero-order valence-electron chi connectivity index (χ0n) is 11.2. The van der Waals surface area contributed by atoms with Crippen LogP contribution in [-0.4, -0.2) is 11.5 Å². The molecule has 0 radical (unpaired) electrons. The van der Waals surface area contributed by atoms with Crippen LogP contribution in [0.2, 0.25) is 0 Å². The fraction of sp³-hybridized carbons (Fsp3) is 0.200. The summed E-state index contributed by atoms with van der Waals surface area (Å²) in [5.41, 5.74) is 2.28. The van der Waals surface area contributed by atoms with Crippen molar-refractivity contribution >= 4 is 33.1 Å². The van der Waals surface area contributed by atoms with E-state index in [4.69, 9.17) is 5.26 Å². The first kappa shape index (κ1) is 14.4. The molecule has 4 nitrogen and oxygen atoms in total. The van der Waals surface area contributed by atoms with E-state index in [1.165, 1.54) is 0 Å². The zero-order valence-corrected chi connectivity index (χ0v) is 12.7. The number of nitrogens with one attached hydrogen (secondary N) is 2. The molecule has 0 fully saturated rings. The molecule has 0 unspecified atom stereocenters. The van der Waals surface area contributed by atoms with E-state index in [1.807, 2.05) is 24.3 Å². The second-order valence-corrected chi connectivity index (χ2v) is 5.20. The van der Waals surface area contributed by atoms with E-state index in [9.17, 15) is 0 Å². The van der Waals surface area contributed by atoms with E-state index in [0.29, 0.717) is 5.56 Å². The molecule has 0 saturated carbocycles. The van der Waals surface area contributed by atoms with Crippen molar-refractivity contribution < 1.29 is 0 Å². The van der Waals surface area contributed by atoms with Crippen molar-refractivity contribution in [2.75, 3.05) is 17.2 Å². The van der Waals surface area contributed by atoms with E-state index in [-0.39, 0.29) is 0 Å². The van der Waals surface area contributed by atoms with E-state index >= 15 is 0 Å². The lowest BCUT2D eigenvalue weighted by molar-refractivity contribution is 0.969. The van der Waals surface area contributed by atoms with Crippen molar-refractivity contribution in [1.29, 1.82) is 5.26 Å². The minimum atomic E-state index is 0.597. The summed E-state index contributed by atoms with van der Waals surface area (Å²) >= 11 is 3.36. The summed E-state index contributed by atoms with van der Waals surface area (Å²) < 4.78 is 0.889. The Bertz CT molecular complexity index is 634. The van der Waals surface area contributed by atoms with Gasteiger partial charge >= 0.3 is 0 Å². The number of rotatable bonds is 5. The number of benzene rings is 1. The Kier molecular flexibility index (Phi) is 4.97. The molecule has 0 aliphatic heterocycles. The fourth-order valence-electron chi connectivity index (χ4n) is 1.73. The van der Waals surface area contributed by atoms with Crippen molar-refractivity contribution in [3.63, 3.8) is 0 Å². The van der Waals surface area contributed by atoms with Gasteiger partial charge in [-0.1, -0.05) is 22.9 Å². The van der Waals surface area contributed by atoms with Gasteiger partial charge in [-0.2, -0.15) is 5.26 Å². The second-order valence-electron chi connectivity index (χ2n) is 4.28. The van der Waals surface area contributed by atoms with Gasteiger partial charge in [-0.3, -0.25) is 0 Å². The largest absolute Gasteiger partial charge is 0.370 e. The van der Waals surface area contributed by atoms with Gasteiger partial charge in [0.15, 0.2) is 0 Å². The van der Waals surface area contributed by atoms with Gasteiger partial charge in [0.1, 0.15) is 11.9 Å². The van der Waals surface area contributed by atoms with Gasteiger partial charge < -0.3 is 10.6 Å². The summed E-state index contributed by atoms with van der Waals surface area (Å²) in [6.07, 6.45) is 2.79. The molecule has 1 heterocycles. The van der Waals surface area contributed by atoms with Gasteiger partial charge in [-0.25, -0.2) is 4.98 Å². The van der Waals surface area contributed by atoms with Crippen LogP contribution >= 0.6 is 15.9 Å². The summed E-state index contributed by atoms with van der Waals surface area (Å²) in [5, 5.41) is 15.6. The Balaban J connectivity index is 2.20. The first-order valence-electron chi connectivity index (χ1n) is 6.39. The van der Waals surface area contributed by atoms with Gasteiger partial charge in [0.25, 0.3) is 0 Å². The van der Waals surface area contributed by atoms with Crippen LogP contribution in [0.25, 0.3) is 0 Å². The van der Waals surface area contributed by atoms with E-state index in [0.717, 1.165) is 34.6 Å². The molecule has 20 heavy (non-hydrogen) atoms. The molecule has 0 spiro atoms. The lowest BCUT2D eigenvalue weighted by Gasteiger charge is -2.10. The first-order chi connectivity index (χ1) is 9.72. The Morgan fingerprint density at radius 1 is 1.30 bits per heavy atom. The molecule has 0 atom stereocenters. The molecular formula is C15H15BrN4. The summed E-state index contributed by atoms with van der Waals surface area (Å²) in [4.78, 5) is 4.25. The van der Waals surface area contributed by atoms with E-state index in [1.54, 1.807) is 12.3 Å². The van der Waals surface area contributed by atoms with E-state index < -0.39 is 0 Å². The van der Waals surface area contributed by atoms with Gasteiger partial charge in [-0.15, -0.1) is 0 Å². The minimum Gasteiger partial charge on any atom is -0.370 e. The number of pyridine rings is 1. The highest BCUT2D eigenvalue weighted by molar-refractivity contribution is 9.10. The first-order valence-corrected chi connectivity index (χ1v) is 7.19. The molecule has 0 amide bonds. The number of nitriles is 1. The van der Waals surface area contributed by atoms with Gasteiger partial charge in [0, 0.05) is 29.0 Å². The lowest BCUT2D eigenvalue weighted by atomic mass is 10.2. The molecule has 1 aromatic heterocycles. The maximum absolute atomic E-state index is 9.16. The van der Waals surface area contributed by atoms with Crippen molar-refractivity contribution in [3.05, 3.63) is 46.6 Å². The van der Waals surface area contributed by atoms with Crippen LogP contribution in [0.5, 0.6) is 0 Å². The van der Waals surface area contributed by atoms with Gasteiger partial charge in [0.2, 0.25) is 0 Å². The predicted molar refractivity (Wildman–Crippen MR) is 85.2 cm³/mol. The summed E-state index contributed by atoms with van der Waals surface area (Å²) in [5.74, 6) is 0.826. The molecule has 0 aliphatic carbocycles. The fourth-order valence-corrected chi connectivity index (χ4v) is 2.09. The highest BCUT2D eigenvalue weighted by Gasteiger charge is 2.04. The number of nitrogens with zero attached hydrogens (tertiary/aromatic N) is 2. The quantitative estimate of drug-likeness (QED) is 0.858. The number of anilines is 3. The second kappa shape index (κ2) is 6.92. The van der Waals surface area contributed by atoms with Crippen molar-refractivity contribution in [1.82, 2.24) is 4.98 Å². The standard InChI is InChI=1S/C15H15BrN4/c1-2-6-18-15-9-13(5-7-19-15)20-14-4-3-12(16)8-11(14)10-17/h3-5,7-9H,2,6H2,1H3,(H2,18,19,20). The predicted octanol–water partition coefficient (Wildman–Crippen LogP) is 4.28. The summed E-state index contributed by atoms with van der Waals surface area (Å²) in [6, 6.07) is 11.6. The molecule has 102 valence electrons. The Hall–Kier alpha value is -2.06. The molecule has 2 N–H and O–H groups in total. The molecular weight excluding hydrogens is 316 g/mol. The van der Waals surface area contributed by atoms with Crippen molar-refractivity contribution in [2.45, 2.75) is 13.3 Å². The van der Waals surface area contributed by atoms with Crippen LogP contribution < -0.4 is 10.6 Å². The third-order valence-electron chi connectivity index (χ3n) is 2.70. The molecule has 2 aromatic rings. The van der Waals surface area contributed by atoms with Gasteiger partial charge in [0.05, 0.1) is 11.3 Å². The minimum absolute atomic E-state index is 0.597. The number of hydrogen-bond donors (Lipinski definition) is 2. The Morgan fingerprint density at radius 2 is 2.15 bits per heavy atom. The topological polar surface area (TPSA) is 60.7 Å².